The zero-order valence-corrected chi connectivity index (χ0v) is 13.4. The molecular formula is C17H22N4O2. The predicted molar refractivity (Wildman–Crippen MR) is 89.7 cm³/mol. The van der Waals surface area contributed by atoms with E-state index in [2.05, 4.69) is 15.0 Å². The van der Waals surface area contributed by atoms with Crippen molar-refractivity contribution in [3.63, 3.8) is 0 Å². The van der Waals surface area contributed by atoms with Crippen molar-refractivity contribution in [2.75, 3.05) is 18.0 Å². The van der Waals surface area contributed by atoms with Crippen LogP contribution in [0.1, 0.15) is 32.6 Å². The van der Waals surface area contributed by atoms with Crippen LogP contribution in [0, 0.1) is 0 Å². The maximum absolute atomic E-state index is 12.6. The van der Waals surface area contributed by atoms with E-state index in [0.717, 1.165) is 42.7 Å². The van der Waals surface area contributed by atoms with E-state index in [1.165, 1.54) is 12.8 Å². The van der Waals surface area contributed by atoms with Crippen molar-refractivity contribution in [3.8, 4) is 0 Å². The molecule has 0 spiro atoms. The summed E-state index contributed by atoms with van der Waals surface area (Å²) in [5, 5.41) is 13.3. The van der Waals surface area contributed by atoms with Crippen molar-refractivity contribution in [2.24, 2.45) is 5.16 Å². The molecule has 2 aromatic rings. The van der Waals surface area contributed by atoms with Gasteiger partial charge in [0.1, 0.15) is 5.82 Å². The zero-order chi connectivity index (χ0) is 16.2. The van der Waals surface area contributed by atoms with Gasteiger partial charge in [-0.25, -0.2) is 4.98 Å². The molecule has 1 aromatic heterocycles. The van der Waals surface area contributed by atoms with E-state index in [0.29, 0.717) is 6.54 Å². The van der Waals surface area contributed by atoms with E-state index in [9.17, 15) is 10.0 Å². The van der Waals surface area contributed by atoms with Crippen molar-refractivity contribution in [1.29, 1.82) is 0 Å². The van der Waals surface area contributed by atoms with E-state index in [-0.39, 0.29) is 11.0 Å². The number of aromatic nitrogens is 2. The van der Waals surface area contributed by atoms with Gasteiger partial charge in [-0.1, -0.05) is 30.1 Å². The summed E-state index contributed by atoms with van der Waals surface area (Å²) in [6, 6.07) is 7.77. The van der Waals surface area contributed by atoms with Crippen LogP contribution in [0.15, 0.2) is 34.2 Å². The molecule has 0 atom stereocenters. The number of hydrogen-bond donors (Lipinski definition) is 1. The minimum atomic E-state index is -0.368. The molecule has 3 rings (SSSR count). The molecule has 0 amide bonds. The number of anilines is 1. The number of fused-ring (bicyclic) bond motifs is 1. The standard InChI is InChI=1S/C17H22N4O2/c1-2-21-14-10-6-5-9-13(14)16(18-15(19-23)17(21)22)20-11-7-3-4-8-12-20/h5-6,9-10,23H,2-4,7-8,11-12H2,1H3. The molecule has 1 fully saturated rings. The first kappa shape index (κ1) is 15.5. The summed E-state index contributed by atoms with van der Waals surface area (Å²) in [4.78, 5) is 19.2. The van der Waals surface area contributed by atoms with Gasteiger partial charge in [-0.15, -0.1) is 0 Å². The van der Waals surface area contributed by atoms with Crippen LogP contribution in [0.3, 0.4) is 0 Å². The van der Waals surface area contributed by atoms with Crippen molar-refractivity contribution < 1.29 is 5.21 Å². The van der Waals surface area contributed by atoms with Gasteiger partial charge in [-0.05, 0) is 31.9 Å². The van der Waals surface area contributed by atoms with Gasteiger partial charge in [0.2, 0.25) is 0 Å². The van der Waals surface area contributed by atoms with E-state index < -0.39 is 0 Å². The summed E-state index contributed by atoms with van der Waals surface area (Å²) in [5.74, 6) is 0.736. The quantitative estimate of drug-likeness (QED) is 0.680. The first-order valence-electron chi connectivity index (χ1n) is 8.23. The van der Waals surface area contributed by atoms with Crippen molar-refractivity contribution >= 4 is 16.7 Å². The van der Waals surface area contributed by atoms with Gasteiger partial charge in [0.15, 0.2) is 0 Å². The summed E-state index contributed by atoms with van der Waals surface area (Å²) >= 11 is 0. The summed E-state index contributed by atoms with van der Waals surface area (Å²) in [7, 11) is 0. The van der Waals surface area contributed by atoms with Gasteiger partial charge in [0.05, 0.1) is 5.52 Å². The number of rotatable bonds is 2. The fourth-order valence-corrected chi connectivity index (χ4v) is 3.24. The Balaban J connectivity index is 2.37. The van der Waals surface area contributed by atoms with Crippen LogP contribution in [0.2, 0.25) is 0 Å². The Bertz CT molecular complexity index is 821. The number of para-hydroxylation sites is 1. The van der Waals surface area contributed by atoms with Crippen LogP contribution in [0.4, 0.5) is 5.82 Å². The van der Waals surface area contributed by atoms with E-state index in [1.54, 1.807) is 4.57 Å². The minimum Gasteiger partial charge on any atom is -0.409 e. The van der Waals surface area contributed by atoms with Gasteiger partial charge in [0, 0.05) is 25.0 Å². The highest BCUT2D eigenvalue weighted by atomic mass is 16.4. The van der Waals surface area contributed by atoms with Gasteiger partial charge in [0.25, 0.3) is 11.0 Å². The van der Waals surface area contributed by atoms with Gasteiger partial charge in [-0.3, -0.25) is 4.79 Å². The second-order valence-corrected chi connectivity index (χ2v) is 5.83. The zero-order valence-electron chi connectivity index (χ0n) is 13.4. The van der Waals surface area contributed by atoms with Crippen LogP contribution < -0.4 is 15.9 Å². The summed E-state index contributed by atoms with van der Waals surface area (Å²) in [5.41, 5.74) is 0.302. The third-order valence-electron chi connectivity index (χ3n) is 4.40. The molecule has 122 valence electrons. The maximum Gasteiger partial charge on any atom is 0.299 e. The minimum absolute atomic E-state index is 0.151. The second-order valence-electron chi connectivity index (χ2n) is 5.83. The van der Waals surface area contributed by atoms with Crippen LogP contribution in [-0.2, 0) is 6.54 Å². The van der Waals surface area contributed by atoms with E-state index >= 15 is 0 Å². The fraction of sp³-hybridized carbons (Fsp3) is 0.471. The Morgan fingerprint density at radius 3 is 2.52 bits per heavy atom. The topological polar surface area (TPSA) is 70.7 Å². The molecule has 0 radical (unpaired) electrons. The normalized spacial score (nSPS) is 16.6. The van der Waals surface area contributed by atoms with Crippen molar-refractivity contribution in [2.45, 2.75) is 39.2 Å². The molecule has 1 N–H and O–H groups in total. The number of hydrogen-bond acceptors (Lipinski definition) is 5. The molecule has 1 aliphatic heterocycles. The van der Waals surface area contributed by atoms with Gasteiger partial charge >= 0.3 is 0 Å². The van der Waals surface area contributed by atoms with E-state index in [1.807, 2.05) is 31.2 Å². The molecule has 6 heteroatoms. The lowest BCUT2D eigenvalue weighted by atomic mass is 10.2. The fourth-order valence-electron chi connectivity index (χ4n) is 3.24. The molecule has 0 saturated carbocycles. The average Bonchev–Trinajstić information content (AvgIpc) is 2.91. The molecule has 1 aromatic carbocycles. The second kappa shape index (κ2) is 6.81. The lowest BCUT2D eigenvalue weighted by Crippen LogP contribution is -2.35. The smallest absolute Gasteiger partial charge is 0.299 e. The molecule has 0 aliphatic carbocycles. The summed E-state index contributed by atoms with van der Waals surface area (Å²) in [6.07, 6.45) is 4.65. The Kier molecular flexibility index (Phi) is 4.60. The van der Waals surface area contributed by atoms with Crippen molar-refractivity contribution in [3.05, 3.63) is 40.1 Å². The monoisotopic (exact) mass is 314 g/mol. The maximum atomic E-state index is 12.6. The highest BCUT2D eigenvalue weighted by Gasteiger charge is 2.16. The average molecular weight is 314 g/mol. The SMILES string of the molecule is CCn1c(=O)c(=NO)nc(N2CCCCCC2)c2ccccc21. The molecule has 23 heavy (non-hydrogen) atoms. The molecular weight excluding hydrogens is 292 g/mol. The van der Waals surface area contributed by atoms with Crippen LogP contribution in [0.25, 0.3) is 10.9 Å². The number of benzene rings is 1. The Morgan fingerprint density at radius 1 is 1.17 bits per heavy atom. The number of nitrogens with zero attached hydrogens (tertiary/aromatic N) is 4. The van der Waals surface area contributed by atoms with E-state index in [4.69, 9.17) is 0 Å². The molecule has 6 nitrogen and oxygen atoms in total. The van der Waals surface area contributed by atoms with Crippen LogP contribution in [0.5, 0.6) is 0 Å². The lowest BCUT2D eigenvalue weighted by Gasteiger charge is -2.21. The molecule has 1 aliphatic rings. The highest BCUT2D eigenvalue weighted by Crippen LogP contribution is 2.24. The largest absolute Gasteiger partial charge is 0.409 e. The van der Waals surface area contributed by atoms with Crippen LogP contribution in [-0.4, -0.2) is 27.8 Å². The first-order valence-corrected chi connectivity index (χ1v) is 8.23. The molecule has 0 unspecified atom stereocenters. The Labute approximate surface area is 134 Å². The molecule has 1 saturated heterocycles. The molecule has 0 bridgehead atoms. The Morgan fingerprint density at radius 2 is 1.87 bits per heavy atom. The summed E-state index contributed by atoms with van der Waals surface area (Å²) < 4.78 is 1.61. The lowest BCUT2D eigenvalue weighted by molar-refractivity contribution is 0.297. The number of aryl methyl sites for hydroxylation is 1. The third-order valence-corrected chi connectivity index (χ3v) is 4.40. The highest BCUT2D eigenvalue weighted by molar-refractivity contribution is 5.89. The first-order chi connectivity index (χ1) is 11.3. The molecule has 2 heterocycles. The summed E-state index contributed by atoms with van der Waals surface area (Å²) in [6.45, 7) is 4.22. The predicted octanol–water partition coefficient (Wildman–Crippen LogP) is 2.09. The van der Waals surface area contributed by atoms with Gasteiger partial charge in [-0.2, -0.15) is 0 Å². The van der Waals surface area contributed by atoms with Gasteiger partial charge < -0.3 is 14.7 Å². The Hall–Kier alpha value is -2.37. The van der Waals surface area contributed by atoms with Crippen LogP contribution >= 0.6 is 0 Å². The third kappa shape index (κ3) is 2.93. The van der Waals surface area contributed by atoms with Crippen molar-refractivity contribution in [1.82, 2.24) is 9.55 Å².